The zero-order valence-electron chi connectivity index (χ0n) is 13.7. The summed E-state index contributed by atoms with van der Waals surface area (Å²) in [6.45, 7) is -3.11. The zero-order chi connectivity index (χ0) is 19.4. The summed E-state index contributed by atoms with van der Waals surface area (Å²) in [4.78, 5) is 23.4. The van der Waals surface area contributed by atoms with Crippen LogP contribution in [0.15, 0.2) is 42.5 Å². The third kappa shape index (κ3) is 4.73. The molecular formula is C18H13ClF2N2O4. The number of benzene rings is 2. The molecule has 2 N–H and O–H groups in total. The number of nitrogens with one attached hydrogen (secondary N) is 2. The average Bonchev–Trinajstić information content (AvgIpc) is 2.61. The number of hydrogen-bond donors (Lipinski definition) is 2. The number of carbonyl (C=O) groups excluding carboxylic acids is 2. The molecule has 0 aromatic heterocycles. The highest BCUT2D eigenvalue weighted by Crippen LogP contribution is 2.36. The van der Waals surface area contributed by atoms with E-state index in [-0.39, 0.29) is 29.0 Å². The molecule has 1 aliphatic heterocycles. The van der Waals surface area contributed by atoms with Crippen LogP contribution in [-0.4, -0.2) is 25.0 Å². The maximum atomic E-state index is 12.4. The Bertz CT molecular complexity index is 918. The SMILES string of the molecule is O=C(C=Cc1ccccc1OC(F)F)Nc1cc2c(cc1Cl)NC(=O)CO2. The van der Waals surface area contributed by atoms with E-state index in [0.29, 0.717) is 17.0 Å². The molecule has 0 fully saturated rings. The van der Waals surface area contributed by atoms with Gasteiger partial charge in [-0.3, -0.25) is 9.59 Å². The fraction of sp³-hybridized carbons (Fsp3) is 0.111. The third-order valence-electron chi connectivity index (χ3n) is 3.51. The molecule has 0 atom stereocenters. The number of halogens is 3. The molecule has 0 radical (unpaired) electrons. The van der Waals surface area contributed by atoms with Gasteiger partial charge >= 0.3 is 6.61 Å². The summed E-state index contributed by atoms with van der Waals surface area (Å²) in [5.74, 6) is -0.520. The van der Waals surface area contributed by atoms with Gasteiger partial charge in [-0.05, 0) is 18.2 Å². The van der Waals surface area contributed by atoms with Crippen LogP contribution in [0.25, 0.3) is 6.08 Å². The smallest absolute Gasteiger partial charge is 0.387 e. The Hall–Kier alpha value is -3.13. The number of amides is 2. The van der Waals surface area contributed by atoms with Crippen LogP contribution in [0.2, 0.25) is 5.02 Å². The predicted molar refractivity (Wildman–Crippen MR) is 96.3 cm³/mol. The largest absolute Gasteiger partial charge is 0.482 e. The Kier molecular flexibility index (Phi) is 5.56. The second-order valence-electron chi connectivity index (χ2n) is 5.40. The van der Waals surface area contributed by atoms with Gasteiger partial charge in [-0.2, -0.15) is 8.78 Å². The van der Waals surface area contributed by atoms with Crippen molar-refractivity contribution >= 4 is 40.9 Å². The minimum Gasteiger partial charge on any atom is -0.482 e. The summed E-state index contributed by atoms with van der Waals surface area (Å²) < 4.78 is 34.5. The minimum absolute atomic E-state index is 0.0486. The van der Waals surface area contributed by atoms with E-state index in [2.05, 4.69) is 15.4 Å². The Balaban J connectivity index is 1.73. The number of fused-ring (bicyclic) bond motifs is 1. The molecule has 1 aliphatic rings. The molecule has 0 bridgehead atoms. The van der Waals surface area contributed by atoms with Crippen molar-refractivity contribution < 1.29 is 27.8 Å². The molecule has 0 saturated heterocycles. The lowest BCUT2D eigenvalue weighted by molar-refractivity contribution is -0.118. The summed E-state index contributed by atoms with van der Waals surface area (Å²) in [6.07, 6.45) is 2.50. The number of carbonyl (C=O) groups is 2. The highest BCUT2D eigenvalue weighted by Gasteiger charge is 2.18. The van der Waals surface area contributed by atoms with Gasteiger partial charge in [0.1, 0.15) is 11.5 Å². The van der Waals surface area contributed by atoms with E-state index < -0.39 is 12.5 Å². The van der Waals surface area contributed by atoms with Gasteiger partial charge in [-0.25, -0.2) is 0 Å². The summed E-state index contributed by atoms with van der Waals surface area (Å²) in [5.41, 5.74) is 0.997. The normalized spacial score (nSPS) is 13.1. The summed E-state index contributed by atoms with van der Waals surface area (Å²) in [5, 5.41) is 5.36. The number of alkyl halides is 2. The molecule has 2 amide bonds. The van der Waals surface area contributed by atoms with Crippen molar-refractivity contribution in [2.75, 3.05) is 17.2 Å². The van der Waals surface area contributed by atoms with E-state index in [1.54, 1.807) is 12.1 Å². The van der Waals surface area contributed by atoms with Crippen molar-refractivity contribution in [1.29, 1.82) is 0 Å². The van der Waals surface area contributed by atoms with Crippen LogP contribution >= 0.6 is 11.6 Å². The summed E-state index contributed by atoms with van der Waals surface area (Å²) in [6, 6.07) is 9.01. The number of ether oxygens (including phenoxy) is 2. The van der Waals surface area contributed by atoms with Crippen molar-refractivity contribution in [2.24, 2.45) is 0 Å². The van der Waals surface area contributed by atoms with Gasteiger partial charge in [0.05, 0.1) is 16.4 Å². The molecule has 27 heavy (non-hydrogen) atoms. The Morgan fingerprint density at radius 3 is 2.89 bits per heavy atom. The first-order valence-corrected chi connectivity index (χ1v) is 8.09. The van der Waals surface area contributed by atoms with E-state index in [4.69, 9.17) is 16.3 Å². The number of rotatable bonds is 5. The Labute approximate surface area is 157 Å². The van der Waals surface area contributed by atoms with Crippen molar-refractivity contribution in [3.05, 3.63) is 53.1 Å². The van der Waals surface area contributed by atoms with Crippen LogP contribution in [0.3, 0.4) is 0 Å². The minimum atomic E-state index is -2.97. The average molecular weight is 395 g/mol. The van der Waals surface area contributed by atoms with Gasteiger partial charge in [0.2, 0.25) is 5.91 Å². The highest BCUT2D eigenvalue weighted by atomic mass is 35.5. The standard InChI is InChI=1S/C18H13ClF2N2O4/c19-11-7-13-15(26-9-17(25)23-13)8-12(11)22-16(24)6-5-10-3-1-2-4-14(10)27-18(20)21/h1-8,18H,9H2,(H,22,24)(H,23,25). The van der Waals surface area contributed by atoms with Crippen LogP contribution in [0.5, 0.6) is 11.5 Å². The molecule has 2 aromatic rings. The number of anilines is 2. The molecule has 140 valence electrons. The fourth-order valence-corrected chi connectivity index (χ4v) is 2.57. The first-order valence-electron chi connectivity index (χ1n) is 7.71. The molecule has 1 heterocycles. The molecule has 0 unspecified atom stereocenters. The maximum absolute atomic E-state index is 12.4. The molecule has 0 saturated carbocycles. The molecule has 0 aliphatic carbocycles. The lowest BCUT2D eigenvalue weighted by atomic mass is 10.2. The third-order valence-corrected chi connectivity index (χ3v) is 3.82. The Morgan fingerprint density at radius 2 is 2.11 bits per heavy atom. The van der Waals surface area contributed by atoms with Crippen LogP contribution in [0.1, 0.15) is 5.56 Å². The van der Waals surface area contributed by atoms with Crippen molar-refractivity contribution in [3.63, 3.8) is 0 Å². The van der Waals surface area contributed by atoms with E-state index in [1.165, 1.54) is 30.3 Å². The van der Waals surface area contributed by atoms with E-state index in [1.807, 2.05) is 0 Å². The summed E-state index contributed by atoms with van der Waals surface area (Å²) in [7, 11) is 0. The van der Waals surface area contributed by atoms with Gasteiger partial charge < -0.3 is 20.1 Å². The van der Waals surface area contributed by atoms with Gasteiger partial charge in [0, 0.05) is 17.7 Å². The van der Waals surface area contributed by atoms with E-state index >= 15 is 0 Å². The van der Waals surface area contributed by atoms with E-state index in [0.717, 1.165) is 6.08 Å². The molecule has 3 rings (SSSR count). The van der Waals surface area contributed by atoms with Gasteiger partial charge in [-0.15, -0.1) is 0 Å². The van der Waals surface area contributed by atoms with Crippen molar-refractivity contribution in [1.82, 2.24) is 0 Å². The summed E-state index contributed by atoms with van der Waals surface area (Å²) >= 11 is 6.10. The molecule has 0 spiro atoms. The number of hydrogen-bond acceptors (Lipinski definition) is 4. The predicted octanol–water partition coefficient (Wildman–Crippen LogP) is 3.92. The second-order valence-corrected chi connectivity index (χ2v) is 5.81. The Morgan fingerprint density at radius 1 is 1.33 bits per heavy atom. The quantitative estimate of drug-likeness (QED) is 0.753. The van der Waals surface area contributed by atoms with Crippen molar-refractivity contribution in [2.45, 2.75) is 6.61 Å². The van der Waals surface area contributed by atoms with Crippen LogP contribution < -0.4 is 20.1 Å². The van der Waals surface area contributed by atoms with Crippen LogP contribution in [0.4, 0.5) is 20.2 Å². The lowest BCUT2D eigenvalue weighted by Gasteiger charge is -2.19. The first kappa shape index (κ1) is 18.7. The topological polar surface area (TPSA) is 76.7 Å². The van der Waals surface area contributed by atoms with Gasteiger partial charge in [0.25, 0.3) is 5.91 Å². The molecule has 6 nitrogen and oxygen atoms in total. The fourth-order valence-electron chi connectivity index (χ4n) is 2.36. The number of para-hydroxylation sites is 1. The maximum Gasteiger partial charge on any atom is 0.387 e. The van der Waals surface area contributed by atoms with Crippen LogP contribution in [-0.2, 0) is 9.59 Å². The van der Waals surface area contributed by atoms with E-state index in [9.17, 15) is 18.4 Å². The van der Waals surface area contributed by atoms with Gasteiger partial charge in [0.15, 0.2) is 6.61 Å². The van der Waals surface area contributed by atoms with Crippen molar-refractivity contribution in [3.8, 4) is 11.5 Å². The lowest BCUT2D eigenvalue weighted by Crippen LogP contribution is -2.25. The van der Waals surface area contributed by atoms with Gasteiger partial charge in [-0.1, -0.05) is 29.8 Å². The second kappa shape index (κ2) is 8.05. The molecule has 2 aromatic carbocycles. The zero-order valence-corrected chi connectivity index (χ0v) is 14.4. The first-order chi connectivity index (χ1) is 12.9. The van der Waals surface area contributed by atoms with Crippen LogP contribution in [0, 0.1) is 0 Å². The monoisotopic (exact) mass is 394 g/mol. The molecular weight excluding hydrogens is 382 g/mol. The molecule has 9 heteroatoms. The highest BCUT2D eigenvalue weighted by molar-refractivity contribution is 6.34.